The van der Waals surface area contributed by atoms with Gasteiger partial charge in [-0.25, -0.2) is 0 Å². The van der Waals surface area contributed by atoms with Crippen LogP contribution in [0.3, 0.4) is 0 Å². The predicted molar refractivity (Wildman–Crippen MR) is 90.1 cm³/mol. The van der Waals surface area contributed by atoms with Gasteiger partial charge in [0.2, 0.25) is 5.91 Å². The van der Waals surface area contributed by atoms with Gasteiger partial charge in [0.05, 0.1) is 12.2 Å². The first-order valence-electron chi connectivity index (χ1n) is 8.16. The number of nitrogens with zero attached hydrogens (tertiary/aromatic N) is 2. The number of carbonyl (C=O) groups excluding carboxylic acids is 1. The smallest absolute Gasteiger partial charge is 0.383 e. The molecular formula is C17H19F3N4O3. The van der Waals surface area contributed by atoms with Crippen molar-refractivity contribution in [2.45, 2.75) is 25.4 Å². The first kappa shape index (κ1) is 20.6. The maximum Gasteiger partial charge on any atom is 0.416 e. The molecule has 1 heterocycles. The predicted octanol–water partition coefficient (Wildman–Crippen LogP) is 1.47. The quantitative estimate of drug-likeness (QED) is 0.672. The molecule has 27 heavy (non-hydrogen) atoms. The number of aryl methyl sites for hydroxylation is 1. The lowest BCUT2D eigenvalue weighted by molar-refractivity contribution is -0.137. The average molecular weight is 384 g/mol. The van der Waals surface area contributed by atoms with Gasteiger partial charge in [-0.3, -0.25) is 9.59 Å². The van der Waals surface area contributed by atoms with Crippen molar-refractivity contribution >= 4 is 5.91 Å². The molecule has 1 aromatic carbocycles. The van der Waals surface area contributed by atoms with E-state index in [2.05, 4.69) is 20.5 Å². The third-order valence-electron chi connectivity index (χ3n) is 3.65. The van der Waals surface area contributed by atoms with Gasteiger partial charge in [0.25, 0.3) is 5.56 Å². The van der Waals surface area contributed by atoms with Gasteiger partial charge in [-0.2, -0.15) is 13.2 Å². The molecule has 0 unspecified atom stereocenters. The molecule has 0 bridgehead atoms. The van der Waals surface area contributed by atoms with Gasteiger partial charge in [0.15, 0.2) is 0 Å². The zero-order valence-corrected chi connectivity index (χ0v) is 14.6. The minimum absolute atomic E-state index is 0.00391. The number of alkyl halides is 3. The van der Waals surface area contributed by atoms with Crippen LogP contribution in [0.1, 0.15) is 29.1 Å². The summed E-state index contributed by atoms with van der Waals surface area (Å²) in [6, 6.07) is 4.77. The highest BCUT2D eigenvalue weighted by Gasteiger charge is 2.30. The van der Waals surface area contributed by atoms with Crippen LogP contribution in [0.15, 0.2) is 29.1 Å². The Kier molecular flexibility index (Phi) is 7.05. The van der Waals surface area contributed by atoms with Crippen molar-refractivity contribution in [3.8, 4) is 0 Å². The third kappa shape index (κ3) is 6.48. The van der Waals surface area contributed by atoms with Crippen LogP contribution < -0.4 is 10.9 Å². The lowest BCUT2D eigenvalue weighted by Crippen LogP contribution is -2.28. The average Bonchev–Trinajstić information content (AvgIpc) is 2.61. The fourth-order valence-electron chi connectivity index (χ4n) is 2.30. The molecule has 0 atom stereocenters. The number of benzene rings is 1. The second-order valence-corrected chi connectivity index (χ2v) is 5.77. The van der Waals surface area contributed by atoms with Gasteiger partial charge in [-0.15, -0.1) is 10.2 Å². The number of rotatable bonds is 8. The maximum atomic E-state index is 12.7. The summed E-state index contributed by atoms with van der Waals surface area (Å²) in [6.45, 7) is 0.754. The highest BCUT2D eigenvalue weighted by atomic mass is 19.4. The van der Waals surface area contributed by atoms with Crippen molar-refractivity contribution in [2.24, 2.45) is 0 Å². The second-order valence-electron chi connectivity index (χ2n) is 5.77. The van der Waals surface area contributed by atoms with Crippen LogP contribution in [0.5, 0.6) is 0 Å². The number of nitrogens with one attached hydrogen (secondary N) is 2. The first-order valence-corrected chi connectivity index (χ1v) is 8.16. The van der Waals surface area contributed by atoms with Gasteiger partial charge in [0.1, 0.15) is 11.5 Å². The van der Waals surface area contributed by atoms with Crippen LogP contribution in [0, 0.1) is 0 Å². The molecule has 0 fully saturated rings. The Morgan fingerprint density at radius 1 is 1.30 bits per heavy atom. The maximum absolute atomic E-state index is 12.7. The lowest BCUT2D eigenvalue weighted by Gasteiger charge is -2.08. The normalized spacial score (nSPS) is 11.4. The lowest BCUT2D eigenvalue weighted by atomic mass is 10.1. The molecule has 146 valence electrons. The minimum atomic E-state index is -4.44. The number of hydrogen-bond donors (Lipinski definition) is 2. The molecular weight excluding hydrogens is 365 g/mol. The molecule has 2 rings (SSSR count). The van der Waals surface area contributed by atoms with E-state index in [0.29, 0.717) is 18.7 Å². The number of aromatic nitrogens is 3. The van der Waals surface area contributed by atoms with Crippen LogP contribution >= 0.6 is 0 Å². The van der Waals surface area contributed by atoms with E-state index >= 15 is 0 Å². The molecule has 0 saturated heterocycles. The van der Waals surface area contributed by atoms with Gasteiger partial charge >= 0.3 is 6.18 Å². The summed E-state index contributed by atoms with van der Waals surface area (Å²) in [6.07, 6.45) is -4.27. The number of amides is 1. The van der Waals surface area contributed by atoms with Crippen molar-refractivity contribution in [1.82, 2.24) is 20.5 Å². The van der Waals surface area contributed by atoms with Crippen LogP contribution in [0.4, 0.5) is 13.2 Å². The van der Waals surface area contributed by atoms with Crippen LogP contribution in [-0.2, 0) is 28.5 Å². The summed E-state index contributed by atoms with van der Waals surface area (Å²) in [5, 5.41) is 10.3. The highest BCUT2D eigenvalue weighted by Crippen LogP contribution is 2.29. The largest absolute Gasteiger partial charge is 0.416 e. The number of methoxy groups -OCH3 is 1. The number of H-pyrrole nitrogens is 1. The van der Waals surface area contributed by atoms with Gasteiger partial charge in [-0.1, -0.05) is 18.2 Å². The van der Waals surface area contributed by atoms with E-state index in [0.717, 1.165) is 12.1 Å². The number of aromatic amines is 1. The summed E-state index contributed by atoms with van der Waals surface area (Å²) in [5.41, 5.74) is -0.854. The molecule has 1 amide bonds. The topological polar surface area (TPSA) is 97.0 Å². The summed E-state index contributed by atoms with van der Waals surface area (Å²) >= 11 is 0. The van der Waals surface area contributed by atoms with E-state index < -0.39 is 17.3 Å². The second kappa shape index (κ2) is 9.26. The van der Waals surface area contributed by atoms with E-state index in [1.165, 1.54) is 19.2 Å². The molecule has 0 spiro atoms. The van der Waals surface area contributed by atoms with Gasteiger partial charge < -0.3 is 15.0 Å². The molecule has 0 aliphatic carbocycles. The Labute approximate surface area is 153 Å². The number of ether oxygens (including phenoxy) is 1. The van der Waals surface area contributed by atoms with Gasteiger partial charge in [0, 0.05) is 32.9 Å². The Bertz CT molecular complexity index is 837. The Morgan fingerprint density at radius 2 is 2.07 bits per heavy atom. The molecule has 0 saturated carbocycles. The van der Waals surface area contributed by atoms with Crippen molar-refractivity contribution < 1.29 is 22.7 Å². The van der Waals surface area contributed by atoms with Crippen molar-refractivity contribution in [2.75, 3.05) is 20.3 Å². The number of hydrogen-bond acceptors (Lipinski definition) is 5. The summed E-state index contributed by atoms with van der Waals surface area (Å²) in [7, 11) is 1.52. The zero-order valence-electron chi connectivity index (χ0n) is 14.6. The van der Waals surface area contributed by atoms with E-state index in [4.69, 9.17) is 4.74 Å². The van der Waals surface area contributed by atoms with Crippen LogP contribution in [0.2, 0.25) is 0 Å². The monoisotopic (exact) mass is 384 g/mol. The molecule has 2 N–H and O–H groups in total. The standard InChI is InChI=1S/C17H19F3N4O3/c1-27-8-7-21-15(25)6-5-13-16(26)22-14(24-23-13)10-11-3-2-4-12(9-11)17(18,19)20/h2-4,9H,5-8,10H2,1H3,(H,21,25)(H,22,24,26). The van der Waals surface area contributed by atoms with E-state index in [9.17, 15) is 22.8 Å². The van der Waals surface area contributed by atoms with Gasteiger partial charge in [-0.05, 0) is 11.6 Å². The van der Waals surface area contributed by atoms with Crippen LogP contribution in [-0.4, -0.2) is 41.3 Å². The van der Waals surface area contributed by atoms with E-state index in [-0.39, 0.29) is 36.7 Å². The molecule has 2 aromatic rings. The fraction of sp³-hybridized carbons (Fsp3) is 0.412. The molecule has 1 aromatic heterocycles. The fourth-order valence-corrected chi connectivity index (χ4v) is 2.30. The Morgan fingerprint density at radius 3 is 2.74 bits per heavy atom. The molecule has 7 nitrogen and oxygen atoms in total. The zero-order chi connectivity index (χ0) is 19.9. The van der Waals surface area contributed by atoms with Crippen molar-refractivity contribution in [3.63, 3.8) is 0 Å². The number of halogens is 3. The van der Waals surface area contributed by atoms with E-state index in [1.54, 1.807) is 0 Å². The minimum Gasteiger partial charge on any atom is -0.383 e. The molecule has 0 aliphatic rings. The SMILES string of the molecule is COCCNC(=O)CCc1nnc(Cc2cccc(C(F)(F)F)c2)[nH]c1=O. The molecule has 0 radical (unpaired) electrons. The van der Waals surface area contributed by atoms with Crippen LogP contribution in [0.25, 0.3) is 0 Å². The molecule has 0 aliphatic heterocycles. The molecule has 10 heteroatoms. The first-order chi connectivity index (χ1) is 12.8. The third-order valence-corrected chi connectivity index (χ3v) is 3.65. The summed E-state index contributed by atoms with van der Waals surface area (Å²) in [4.78, 5) is 26.1. The Balaban J connectivity index is 1.98. The number of carbonyl (C=O) groups is 1. The van der Waals surface area contributed by atoms with Crippen molar-refractivity contribution in [3.05, 3.63) is 57.3 Å². The summed E-state index contributed by atoms with van der Waals surface area (Å²) < 4.78 is 43.0. The Hall–Kier alpha value is -2.75. The van der Waals surface area contributed by atoms with Crippen molar-refractivity contribution in [1.29, 1.82) is 0 Å². The highest BCUT2D eigenvalue weighted by molar-refractivity contribution is 5.76. The summed E-state index contributed by atoms with van der Waals surface area (Å²) in [5.74, 6) is -0.103. The van der Waals surface area contributed by atoms with E-state index in [1.807, 2.05) is 0 Å².